The maximum absolute atomic E-state index is 12.2. The molecule has 0 fully saturated rings. The van der Waals surface area contributed by atoms with Gasteiger partial charge in [0.05, 0.1) is 10.6 Å². The zero-order chi connectivity index (χ0) is 18.7. The lowest BCUT2D eigenvalue weighted by Gasteiger charge is -2.19. The molecule has 0 radical (unpaired) electrons. The second-order valence-corrected chi connectivity index (χ2v) is 5.55. The normalized spacial score (nSPS) is 11.6. The molecule has 130 valence electrons. The van der Waals surface area contributed by atoms with E-state index in [0.717, 1.165) is 4.68 Å². The first kappa shape index (κ1) is 18.0. The number of ketones is 1. The summed E-state index contributed by atoms with van der Waals surface area (Å²) in [6.07, 6.45) is 0. The SMILES string of the molecule is CC(=O)[C@H](C(=O)N(C)C)n1nc(-c2cccc([N+](=O)[O-])c2)ccc1=O. The minimum absolute atomic E-state index is 0.135. The predicted molar refractivity (Wildman–Crippen MR) is 89.0 cm³/mol. The molecule has 2 rings (SSSR count). The quantitative estimate of drug-likeness (QED) is 0.454. The third kappa shape index (κ3) is 3.77. The number of aromatic nitrogens is 2. The molecule has 0 aliphatic heterocycles. The van der Waals surface area contributed by atoms with Crippen LogP contribution in [0.1, 0.15) is 13.0 Å². The van der Waals surface area contributed by atoms with Crippen LogP contribution in [0, 0.1) is 10.1 Å². The van der Waals surface area contributed by atoms with Crippen molar-refractivity contribution in [2.75, 3.05) is 14.1 Å². The maximum atomic E-state index is 12.2. The van der Waals surface area contributed by atoms with Crippen molar-refractivity contribution in [2.24, 2.45) is 0 Å². The van der Waals surface area contributed by atoms with Crippen molar-refractivity contribution < 1.29 is 14.5 Å². The van der Waals surface area contributed by atoms with Crippen molar-refractivity contribution in [3.8, 4) is 11.3 Å². The van der Waals surface area contributed by atoms with E-state index in [-0.39, 0.29) is 11.4 Å². The lowest BCUT2D eigenvalue weighted by Crippen LogP contribution is -2.41. The molecule has 1 amide bonds. The highest BCUT2D eigenvalue weighted by Gasteiger charge is 2.29. The number of nitro benzene ring substituents is 1. The Morgan fingerprint density at radius 1 is 1.24 bits per heavy atom. The number of amides is 1. The number of non-ortho nitro benzene ring substituents is 1. The van der Waals surface area contributed by atoms with Crippen LogP contribution in [-0.4, -0.2) is 45.4 Å². The van der Waals surface area contributed by atoms with Gasteiger partial charge in [0.15, 0.2) is 11.8 Å². The average Bonchev–Trinajstić information content (AvgIpc) is 2.56. The average molecular weight is 344 g/mol. The van der Waals surface area contributed by atoms with Crippen LogP contribution < -0.4 is 5.56 Å². The predicted octanol–water partition coefficient (Wildman–Crippen LogP) is 1.04. The number of nitrogens with zero attached hydrogens (tertiary/aromatic N) is 4. The first-order chi connectivity index (χ1) is 11.7. The standard InChI is InChI=1S/C16H16N4O5/c1-10(21)15(16(23)18(2)3)19-14(22)8-7-13(17-19)11-5-4-6-12(9-11)20(24)25/h4-9,15H,1-3H3/t15-/m1/s1. The lowest BCUT2D eigenvalue weighted by molar-refractivity contribution is -0.384. The Hall–Kier alpha value is -3.36. The van der Waals surface area contributed by atoms with Crippen molar-refractivity contribution in [1.29, 1.82) is 0 Å². The van der Waals surface area contributed by atoms with Crippen LogP contribution in [0.25, 0.3) is 11.3 Å². The van der Waals surface area contributed by atoms with Gasteiger partial charge < -0.3 is 4.90 Å². The second-order valence-electron chi connectivity index (χ2n) is 5.55. The maximum Gasteiger partial charge on any atom is 0.270 e. The molecule has 1 aromatic carbocycles. The molecule has 2 aromatic rings. The van der Waals surface area contributed by atoms with Gasteiger partial charge in [-0.3, -0.25) is 24.5 Å². The number of hydrogen-bond acceptors (Lipinski definition) is 6. The van der Waals surface area contributed by atoms with Gasteiger partial charge in [-0.15, -0.1) is 0 Å². The third-order valence-electron chi connectivity index (χ3n) is 3.48. The van der Waals surface area contributed by atoms with Crippen LogP contribution in [0.3, 0.4) is 0 Å². The molecule has 0 saturated carbocycles. The molecule has 0 N–H and O–H groups in total. The van der Waals surface area contributed by atoms with Crippen molar-refractivity contribution >= 4 is 17.4 Å². The molecule has 9 nitrogen and oxygen atoms in total. The van der Waals surface area contributed by atoms with Gasteiger partial charge in [-0.25, -0.2) is 4.68 Å². The van der Waals surface area contributed by atoms with E-state index in [1.165, 1.54) is 56.3 Å². The van der Waals surface area contributed by atoms with E-state index in [9.17, 15) is 24.5 Å². The Bertz CT molecular complexity index is 903. The zero-order valence-electron chi connectivity index (χ0n) is 13.9. The number of rotatable bonds is 5. The Kier molecular flexibility index (Phi) is 5.06. The Labute approximate surface area is 142 Å². The number of carbonyl (C=O) groups excluding carboxylic acids is 2. The highest BCUT2D eigenvalue weighted by atomic mass is 16.6. The summed E-state index contributed by atoms with van der Waals surface area (Å²) in [6, 6.07) is 6.86. The zero-order valence-corrected chi connectivity index (χ0v) is 13.9. The molecule has 9 heteroatoms. The van der Waals surface area contributed by atoms with E-state index in [2.05, 4.69) is 5.10 Å². The number of carbonyl (C=O) groups is 2. The van der Waals surface area contributed by atoms with Crippen LogP contribution >= 0.6 is 0 Å². The summed E-state index contributed by atoms with van der Waals surface area (Å²) < 4.78 is 0.804. The molecule has 0 aliphatic rings. The molecule has 1 heterocycles. The summed E-state index contributed by atoms with van der Waals surface area (Å²) in [5.41, 5.74) is -0.127. The number of likely N-dealkylation sites (N-methyl/N-ethyl adjacent to an activating group) is 1. The van der Waals surface area contributed by atoms with E-state index in [4.69, 9.17) is 0 Å². The monoisotopic (exact) mass is 344 g/mol. The van der Waals surface area contributed by atoms with E-state index < -0.39 is 28.2 Å². The molecule has 1 aromatic heterocycles. The van der Waals surface area contributed by atoms with Gasteiger partial charge in [0.1, 0.15) is 0 Å². The molecule has 0 unspecified atom stereocenters. The number of nitro groups is 1. The minimum atomic E-state index is -1.39. The smallest absolute Gasteiger partial charge is 0.270 e. The molecule has 0 aliphatic carbocycles. The van der Waals surface area contributed by atoms with Gasteiger partial charge in [0, 0.05) is 37.9 Å². The fourth-order valence-corrected chi connectivity index (χ4v) is 2.24. The van der Waals surface area contributed by atoms with Crippen LogP contribution in [0.5, 0.6) is 0 Å². The van der Waals surface area contributed by atoms with Crippen LogP contribution in [0.2, 0.25) is 0 Å². The summed E-state index contributed by atoms with van der Waals surface area (Å²) >= 11 is 0. The van der Waals surface area contributed by atoms with Crippen LogP contribution in [0.4, 0.5) is 5.69 Å². The van der Waals surface area contributed by atoms with E-state index >= 15 is 0 Å². The van der Waals surface area contributed by atoms with E-state index in [0.29, 0.717) is 5.56 Å². The third-order valence-corrected chi connectivity index (χ3v) is 3.48. The molecule has 0 spiro atoms. The van der Waals surface area contributed by atoms with Crippen molar-refractivity contribution in [3.63, 3.8) is 0 Å². The largest absolute Gasteiger partial charge is 0.347 e. The molecule has 0 saturated heterocycles. The lowest BCUT2D eigenvalue weighted by atomic mass is 10.1. The van der Waals surface area contributed by atoms with Gasteiger partial charge in [-0.2, -0.15) is 5.10 Å². The highest BCUT2D eigenvalue weighted by Crippen LogP contribution is 2.22. The van der Waals surface area contributed by atoms with Gasteiger partial charge in [0.2, 0.25) is 0 Å². The Balaban J connectivity index is 2.59. The second kappa shape index (κ2) is 7.04. The summed E-state index contributed by atoms with van der Waals surface area (Å²) in [5, 5.41) is 15.0. The van der Waals surface area contributed by atoms with Gasteiger partial charge >= 0.3 is 0 Å². The highest BCUT2D eigenvalue weighted by molar-refractivity contribution is 6.02. The van der Waals surface area contributed by atoms with Gasteiger partial charge in [-0.1, -0.05) is 12.1 Å². The molecule has 0 bridgehead atoms. The number of benzene rings is 1. The van der Waals surface area contributed by atoms with Crippen molar-refractivity contribution in [3.05, 3.63) is 56.9 Å². The van der Waals surface area contributed by atoms with Gasteiger partial charge in [-0.05, 0) is 13.0 Å². The van der Waals surface area contributed by atoms with Crippen molar-refractivity contribution in [1.82, 2.24) is 14.7 Å². The summed E-state index contributed by atoms with van der Waals surface area (Å²) in [4.78, 5) is 47.8. The fraction of sp³-hybridized carbons (Fsp3) is 0.250. The van der Waals surface area contributed by atoms with E-state index in [1.807, 2.05) is 0 Å². The molecule has 25 heavy (non-hydrogen) atoms. The van der Waals surface area contributed by atoms with Crippen LogP contribution in [0.15, 0.2) is 41.2 Å². The number of hydrogen-bond donors (Lipinski definition) is 0. The van der Waals surface area contributed by atoms with Crippen molar-refractivity contribution in [2.45, 2.75) is 13.0 Å². The Morgan fingerprint density at radius 2 is 1.92 bits per heavy atom. The minimum Gasteiger partial charge on any atom is -0.347 e. The molecular formula is C16H16N4O5. The number of Topliss-reactive ketones (excluding diaryl/α,β-unsaturated/α-hetero) is 1. The first-order valence-corrected chi connectivity index (χ1v) is 7.28. The fourth-order valence-electron chi connectivity index (χ4n) is 2.24. The Morgan fingerprint density at radius 3 is 2.48 bits per heavy atom. The summed E-state index contributed by atoms with van der Waals surface area (Å²) in [5.74, 6) is -1.12. The molecule has 1 atom stereocenters. The molecular weight excluding hydrogens is 328 g/mol. The van der Waals surface area contributed by atoms with E-state index in [1.54, 1.807) is 6.07 Å². The first-order valence-electron chi connectivity index (χ1n) is 7.28. The van der Waals surface area contributed by atoms with Crippen LogP contribution in [-0.2, 0) is 9.59 Å². The van der Waals surface area contributed by atoms with Gasteiger partial charge in [0.25, 0.3) is 17.2 Å². The summed E-state index contributed by atoms with van der Waals surface area (Å²) in [6.45, 7) is 1.19. The topological polar surface area (TPSA) is 115 Å². The summed E-state index contributed by atoms with van der Waals surface area (Å²) in [7, 11) is 2.93.